The minimum atomic E-state index is -0.144. The Morgan fingerprint density at radius 3 is 2.62 bits per heavy atom. The number of aromatic nitrogens is 2. The molecule has 6 nitrogen and oxygen atoms in total. The standard InChI is InChI=1S/C17H22N4O2.ClH/c1-11-7-12(9-18)10-21(11)16(22)8-15-13-5-3-4-6-14(13)17(23)20(2)19-15;/h3-6,11-12H,7-10,18H2,1-2H3;1H. The fraction of sp³-hybridized carbons (Fsp3) is 0.471. The van der Waals surface area contributed by atoms with Crippen LogP contribution < -0.4 is 11.3 Å². The van der Waals surface area contributed by atoms with Crippen molar-refractivity contribution >= 4 is 29.1 Å². The maximum absolute atomic E-state index is 12.7. The van der Waals surface area contributed by atoms with E-state index in [2.05, 4.69) is 12.0 Å². The number of hydrogen-bond acceptors (Lipinski definition) is 4. The van der Waals surface area contributed by atoms with E-state index in [4.69, 9.17) is 5.73 Å². The molecule has 2 unspecified atom stereocenters. The number of amides is 1. The van der Waals surface area contributed by atoms with Gasteiger partial charge < -0.3 is 10.6 Å². The zero-order valence-electron chi connectivity index (χ0n) is 13.9. The monoisotopic (exact) mass is 350 g/mol. The highest BCUT2D eigenvalue weighted by Gasteiger charge is 2.31. The first-order valence-electron chi connectivity index (χ1n) is 7.95. The maximum atomic E-state index is 12.7. The van der Waals surface area contributed by atoms with Crippen molar-refractivity contribution in [3.63, 3.8) is 0 Å². The molecule has 3 rings (SSSR count). The lowest BCUT2D eigenvalue weighted by Crippen LogP contribution is -2.36. The van der Waals surface area contributed by atoms with E-state index in [1.54, 1.807) is 13.1 Å². The van der Waals surface area contributed by atoms with Crippen molar-refractivity contribution in [3.05, 3.63) is 40.3 Å². The van der Waals surface area contributed by atoms with Crippen LogP contribution in [-0.2, 0) is 18.3 Å². The van der Waals surface area contributed by atoms with Crippen LogP contribution in [0.4, 0.5) is 0 Å². The number of hydrogen-bond donors (Lipinski definition) is 1. The predicted octanol–water partition coefficient (Wildman–Crippen LogP) is 1.09. The fourth-order valence-electron chi connectivity index (χ4n) is 3.41. The first-order valence-corrected chi connectivity index (χ1v) is 7.95. The van der Waals surface area contributed by atoms with E-state index >= 15 is 0 Å². The first kappa shape index (κ1) is 18.4. The molecule has 1 amide bonds. The van der Waals surface area contributed by atoms with Crippen LogP contribution in [0.25, 0.3) is 10.8 Å². The Kier molecular flexibility index (Phi) is 5.62. The number of halogens is 1. The van der Waals surface area contributed by atoms with Crippen LogP contribution in [0.15, 0.2) is 29.1 Å². The highest BCUT2D eigenvalue weighted by Crippen LogP contribution is 2.23. The average molecular weight is 351 g/mol. The summed E-state index contributed by atoms with van der Waals surface area (Å²) in [6.07, 6.45) is 1.15. The molecule has 1 aliphatic rings. The summed E-state index contributed by atoms with van der Waals surface area (Å²) >= 11 is 0. The van der Waals surface area contributed by atoms with Crippen LogP contribution in [-0.4, -0.2) is 39.7 Å². The van der Waals surface area contributed by atoms with Crippen molar-refractivity contribution in [2.45, 2.75) is 25.8 Å². The smallest absolute Gasteiger partial charge is 0.274 e. The number of rotatable bonds is 3. The Hall–Kier alpha value is -1.92. The van der Waals surface area contributed by atoms with E-state index in [0.29, 0.717) is 30.1 Å². The Labute approximate surface area is 147 Å². The Balaban J connectivity index is 0.00000208. The van der Waals surface area contributed by atoms with Gasteiger partial charge >= 0.3 is 0 Å². The molecule has 2 atom stereocenters. The van der Waals surface area contributed by atoms with Crippen molar-refractivity contribution in [1.82, 2.24) is 14.7 Å². The molecule has 130 valence electrons. The number of aryl methyl sites for hydroxylation is 1. The van der Waals surface area contributed by atoms with Crippen molar-refractivity contribution in [1.29, 1.82) is 0 Å². The third-order valence-corrected chi connectivity index (χ3v) is 4.67. The summed E-state index contributed by atoms with van der Waals surface area (Å²) in [5.41, 5.74) is 6.24. The second-order valence-electron chi connectivity index (χ2n) is 6.33. The highest BCUT2D eigenvalue weighted by molar-refractivity contribution is 5.88. The van der Waals surface area contributed by atoms with Crippen LogP contribution in [0.2, 0.25) is 0 Å². The third-order valence-electron chi connectivity index (χ3n) is 4.67. The molecule has 1 aromatic carbocycles. The number of nitrogens with zero attached hydrogens (tertiary/aromatic N) is 3. The van der Waals surface area contributed by atoms with Crippen LogP contribution >= 0.6 is 12.4 Å². The van der Waals surface area contributed by atoms with Gasteiger partial charge in [-0.25, -0.2) is 4.68 Å². The summed E-state index contributed by atoms with van der Waals surface area (Å²) in [6, 6.07) is 7.51. The third kappa shape index (κ3) is 3.30. The molecule has 2 N–H and O–H groups in total. The molecule has 1 aliphatic heterocycles. The van der Waals surface area contributed by atoms with Crippen LogP contribution in [0.5, 0.6) is 0 Å². The molecule has 0 radical (unpaired) electrons. The van der Waals surface area contributed by atoms with E-state index < -0.39 is 0 Å². The highest BCUT2D eigenvalue weighted by atomic mass is 35.5. The van der Waals surface area contributed by atoms with Crippen molar-refractivity contribution in [2.75, 3.05) is 13.1 Å². The molecule has 0 aliphatic carbocycles. The molecule has 2 heterocycles. The van der Waals surface area contributed by atoms with Gasteiger partial charge in [0.2, 0.25) is 5.91 Å². The average Bonchev–Trinajstić information content (AvgIpc) is 2.93. The van der Waals surface area contributed by atoms with E-state index in [0.717, 1.165) is 11.8 Å². The molecule has 0 spiro atoms. The van der Waals surface area contributed by atoms with Gasteiger partial charge in [-0.05, 0) is 31.9 Å². The minimum Gasteiger partial charge on any atom is -0.339 e. The molecule has 7 heteroatoms. The summed E-state index contributed by atoms with van der Waals surface area (Å²) in [4.78, 5) is 26.7. The molecule has 0 saturated carbocycles. The van der Waals surface area contributed by atoms with E-state index in [9.17, 15) is 9.59 Å². The maximum Gasteiger partial charge on any atom is 0.274 e. The van der Waals surface area contributed by atoms with E-state index in [1.165, 1.54) is 4.68 Å². The van der Waals surface area contributed by atoms with Gasteiger partial charge in [0.1, 0.15) is 0 Å². The fourth-order valence-corrected chi connectivity index (χ4v) is 3.41. The first-order chi connectivity index (χ1) is 11.0. The minimum absolute atomic E-state index is 0. The van der Waals surface area contributed by atoms with Crippen LogP contribution in [0.1, 0.15) is 19.0 Å². The van der Waals surface area contributed by atoms with Gasteiger partial charge in [0, 0.05) is 25.0 Å². The lowest BCUT2D eigenvalue weighted by atomic mass is 10.1. The molecular formula is C17H23ClN4O2. The molecule has 2 aromatic rings. The molecular weight excluding hydrogens is 328 g/mol. The zero-order valence-corrected chi connectivity index (χ0v) is 14.8. The summed E-state index contributed by atoms with van der Waals surface area (Å²) in [5, 5.41) is 5.66. The van der Waals surface area contributed by atoms with Crippen molar-refractivity contribution in [3.8, 4) is 0 Å². The van der Waals surface area contributed by atoms with Crippen LogP contribution in [0, 0.1) is 5.92 Å². The van der Waals surface area contributed by atoms with Crippen molar-refractivity contribution < 1.29 is 4.79 Å². The lowest BCUT2D eigenvalue weighted by Gasteiger charge is -2.21. The number of carbonyl (C=O) groups is 1. The van der Waals surface area contributed by atoms with E-state index in [1.807, 2.05) is 23.1 Å². The van der Waals surface area contributed by atoms with Gasteiger partial charge in [0.05, 0.1) is 17.5 Å². The van der Waals surface area contributed by atoms with Gasteiger partial charge in [-0.3, -0.25) is 9.59 Å². The van der Waals surface area contributed by atoms with Gasteiger partial charge in [-0.1, -0.05) is 18.2 Å². The number of fused-ring (bicyclic) bond motifs is 1. The summed E-state index contributed by atoms with van der Waals surface area (Å²) in [7, 11) is 1.62. The number of carbonyl (C=O) groups excluding carboxylic acids is 1. The Morgan fingerprint density at radius 2 is 2.00 bits per heavy atom. The van der Waals surface area contributed by atoms with Gasteiger partial charge in [0.15, 0.2) is 0 Å². The normalized spacial score (nSPS) is 20.2. The summed E-state index contributed by atoms with van der Waals surface area (Å²) in [6.45, 7) is 3.37. The number of benzene rings is 1. The zero-order chi connectivity index (χ0) is 16.6. The molecule has 0 bridgehead atoms. The SMILES string of the molecule is CC1CC(CN)CN1C(=O)Cc1nn(C)c(=O)c2ccccc12.Cl. The van der Waals surface area contributed by atoms with Crippen molar-refractivity contribution in [2.24, 2.45) is 18.7 Å². The topological polar surface area (TPSA) is 81.2 Å². The Morgan fingerprint density at radius 1 is 1.33 bits per heavy atom. The molecule has 1 fully saturated rings. The molecule has 1 saturated heterocycles. The molecule has 1 aromatic heterocycles. The van der Waals surface area contributed by atoms with Gasteiger partial charge in [0.25, 0.3) is 5.56 Å². The number of nitrogens with two attached hydrogens (primary N) is 1. The van der Waals surface area contributed by atoms with Gasteiger partial charge in [-0.15, -0.1) is 12.4 Å². The second-order valence-corrected chi connectivity index (χ2v) is 6.33. The molecule has 24 heavy (non-hydrogen) atoms. The number of likely N-dealkylation sites (tertiary alicyclic amines) is 1. The summed E-state index contributed by atoms with van der Waals surface area (Å²) < 4.78 is 1.31. The van der Waals surface area contributed by atoms with Crippen LogP contribution in [0.3, 0.4) is 0 Å². The summed E-state index contributed by atoms with van der Waals surface area (Å²) in [5.74, 6) is 0.420. The lowest BCUT2D eigenvalue weighted by molar-refractivity contribution is -0.131. The Bertz CT molecular complexity index is 805. The predicted molar refractivity (Wildman–Crippen MR) is 96.3 cm³/mol. The largest absolute Gasteiger partial charge is 0.339 e. The quantitative estimate of drug-likeness (QED) is 0.898. The second kappa shape index (κ2) is 7.32. The van der Waals surface area contributed by atoms with Gasteiger partial charge in [-0.2, -0.15) is 5.10 Å². The van der Waals surface area contributed by atoms with E-state index in [-0.39, 0.29) is 36.3 Å².